The van der Waals surface area contributed by atoms with E-state index in [4.69, 9.17) is 0 Å². The van der Waals surface area contributed by atoms with Gasteiger partial charge in [0.2, 0.25) is 0 Å². The molecule has 1 aromatic carbocycles. The van der Waals surface area contributed by atoms with Crippen LogP contribution in [0.1, 0.15) is 41.4 Å². The van der Waals surface area contributed by atoms with Crippen molar-refractivity contribution in [2.24, 2.45) is 0 Å². The molecule has 3 aromatic rings. The number of aromatic nitrogens is 3. The van der Waals surface area contributed by atoms with Crippen LogP contribution in [0.4, 0.5) is 5.82 Å². The van der Waals surface area contributed by atoms with Crippen LogP contribution in [-0.4, -0.2) is 33.8 Å². The second kappa shape index (κ2) is 8.25. The lowest BCUT2D eigenvalue weighted by Gasteiger charge is -2.17. The van der Waals surface area contributed by atoms with Crippen molar-refractivity contribution in [1.29, 1.82) is 0 Å². The third-order valence-corrected chi connectivity index (χ3v) is 5.14. The highest BCUT2D eigenvalue weighted by atomic mass is 16.1. The van der Waals surface area contributed by atoms with Gasteiger partial charge in [0.05, 0.1) is 23.1 Å². The molecule has 1 aliphatic rings. The third kappa shape index (κ3) is 3.76. The molecule has 6 heteroatoms. The molecule has 6 nitrogen and oxygen atoms in total. The Labute approximate surface area is 165 Å². The molecule has 2 aromatic heterocycles. The van der Waals surface area contributed by atoms with Gasteiger partial charge in [0.15, 0.2) is 0 Å². The first kappa shape index (κ1) is 18.2. The predicted octanol–water partition coefficient (Wildman–Crippen LogP) is 3.36. The molecule has 1 amide bonds. The van der Waals surface area contributed by atoms with Gasteiger partial charge in [0.1, 0.15) is 5.82 Å². The van der Waals surface area contributed by atoms with Crippen molar-refractivity contribution in [2.75, 3.05) is 18.0 Å². The highest BCUT2D eigenvalue weighted by Gasteiger charge is 2.17. The van der Waals surface area contributed by atoms with Crippen LogP contribution in [0, 0.1) is 0 Å². The standard InChI is InChI=1S/C22H25N5O/c1-2-20-19(16-25-27(20)18-8-4-3-5-9-18)22(28)24-15-17-10-11-23-21(14-17)26-12-6-7-13-26/h3-5,8-11,14,16H,2,6-7,12-13,15H2,1H3,(H,24,28). The minimum absolute atomic E-state index is 0.0986. The number of benzene rings is 1. The molecule has 0 unspecified atom stereocenters. The van der Waals surface area contributed by atoms with E-state index in [9.17, 15) is 4.79 Å². The summed E-state index contributed by atoms with van der Waals surface area (Å²) in [6.07, 6.45) is 6.64. The molecule has 144 valence electrons. The number of para-hydroxylation sites is 1. The molecule has 0 spiro atoms. The lowest BCUT2D eigenvalue weighted by molar-refractivity contribution is 0.0950. The number of nitrogens with one attached hydrogen (secondary N) is 1. The molecule has 1 fully saturated rings. The number of carbonyl (C=O) groups is 1. The number of rotatable bonds is 6. The summed E-state index contributed by atoms with van der Waals surface area (Å²) in [5.41, 5.74) is 3.55. The first-order valence-corrected chi connectivity index (χ1v) is 9.86. The van der Waals surface area contributed by atoms with E-state index in [2.05, 4.69) is 26.4 Å². The van der Waals surface area contributed by atoms with Gasteiger partial charge in [0, 0.05) is 25.8 Å². The van der Waals surface area contributed by atoms with Crippen LogP contribution in [-0.2, 0) is 13.0 Å². The molecule has 1 aliphatic heterocycles. The molecule has 0 saturated carbocycles. The second-order valence-electron chi connectivity index (χ2n) is 7.00. The Morgan fingerprint density at radius 3 is 2.68 bits per heavy atom. The zero-order chi connectivity index (χ0) is 19.3. The number of carbonyl (C=O) groups excluding carboxylic acids is 1. The Balaban J connectivity index is 1.47. The van der Waals surface area contributed by atoms with Gasteiger partial charge in [-0.1, -0.05) is 25.1 Å². The monoisotopic (exact) mass is 375 g/mol. The maximum atomic E-state index is 12.8. The van der Waals surface area contributed by atoms with Gasteiger partial charge in [-0.2, -0.15) is 5.10 Å². The molecule has 1 saturated heterocycles. The van der Waals surface area contributed by atoms with Crippen molar-refractivity contribution < 1.29 is 4.79 Å². The maximum Gasteiger partial charge on any atom is 0.255 e. The summed E-state index contributed by atoms with van der Waals surface area (Å²) in [4.78, 5) is 19.6. The van der Waals surface area contributed by atoms with Gasteiger partial charge in [-0.3, -0.25) is 4.79 Å². The fourth-order valence-electron chi connectivity index (χ4n) is 3.66. The maximum absolute atomic E-state index is 12.8. The Morgan fingerprint density at radius 1 is 1.14 bits per heavy atom. The largest absolute Gasteiger partial charge is 0.357 e. The van der Waals surface area contributed by atoms with Crippen LogP contribution in [0.25, 0.3) is 5.69 Å². The molecule has 0 bridgehead atoms. The van der Waals surface area contributed by atoms with Crippen LogP contribution < -0.4 is 10.2 Å². The Morgan fingerprint density at radius 2 is 1.93 bits per heavy atom. The third-order valence-electron chi connectivity index (χ3n) is 5.14. The van der Waals surface area contributed by atoms with Crippen LogP contribution in [0.15, 0.2) is 54.9 Å². The van der Waals surface area contributed by atoms with E-state index in [1.807, 2.05) is 54.2 Å². The van der Waals surface area contributed by atoms with E-state index in [1.54, 1.807) is 6.20 Å². The highest BCUT2D eigenvalue weighted by Crippen LogP contribution is 2.19. The van der Waals surface area contributed by atoms with Gasteiger partial charge in [-0.15, -0.1) is 0 Å². The fourth-order valence-corrected chi connectivity index (χ4v) is 3.66. The number of amides is 1. The summed E-state index contributed by atoms with van der Waals surface area (Å²) in [7, 11) is 0. The van der Waals surface area contributed by atoms with Crippen molar-refractivity contribution in [2.45, 2.75) is 32.7 Å². The summed E-state index contributed by atoms with van der Waals surface area (Å²) < 4.78 is 1.84. The molecule has 4 rings (SSSR count). The molecule has 28 heavy (non-hydrogen) atoms. The SMILES string of the molecule is CCc1c(C(=O)NCc2ccnc(N3CCCC3)c2)cnn1-c1ccccc1. The zero-order valence-electron chi connectivity index (χ0n) is 16.1. The number of anilines is 1. The number of hydrogen-bond acceptors (Lipinski definition) is 4. The Kier molecular flexibility index (Phi) is 5.37. The van der Waals surface area contributed by atoms with Crippen LogP contribution in [0.3, 0.4) is 0 Å². The van der Waals surface area contributed by atoms with E-state index in [1.165, 1.54) is 12.8 Å². The first-order valence-electron chi connectivity index (χ1n) is 9.86. The van der Waals surface area contributed by atoms with Crippen LogP contribution in [0.5, 0.6) is 0 Å². The molecule has 3 heterocycles. The van der Waals surface area contributed by atoms with Crippen molar-refractivity contribution >= 4 is 11.7 Å². The first-order chi connectivity index (χ1) is 13.8. The molecular weight excluding hydrogens is 350 g/mol. The molecular formula is C22H25N5O. The number of pyridine rings is 1. The van der Waals surface area contributed by atoms with Gasteiger partial charge in [-0.25, -0.2) is 9.67 Å². The number of nitrogens with zero attached hydrogens (tertiary/aromatic N) is 4. The summed E-state index contributed by atoms with van der Waals surface area (Å²) in [6, 6.07) is 13.9. The van der Waals surface area contributed by atoms with E-state index >= 15 is 0 Å². The molecule has 1 N–H and O–H groups in total. The van der Waals surface area contributed by atoms with Crippen LogP contribution in [0.2, 0.25) is 0 Å². The van der Waals surface area contributed by atoms with E-state index in [0.29, 0.717) is 12.1 Å². The minimum Gasteiger partial charge on any atom is -0.357 e. The smallest absolute Gasteiger partial charge is 0.255 e. The van der Waals surface area contributed by atoms with Gasteiger partial charge in [-0.05, 0) is 49.1 Å². The highest BCUT2D eigenvalue weighted by molar-refractivity contribution is 5.95. The molecule has 0 radical (unpaired) electrons. The lowest BCUT2D eigenvalue weighted by atomic mass is 10.1. The normalized spacial score (nSPS) is 13.7. The number of hydrogen-bond donors (Lipinski definition) is 1. The van der Waals surface area contributed by atoms with Gasteiger partial charge >= 0.3 is 0 Å². The van der Waals surface area contributed by atoms with Crippen molar-refractivity contribution in [1.82, 2.24) is 20.1 Å². The molecule has 0 aliphatic carbocycles. The second-order valence-corrected chi connectivity index (χ2v) is 7.00. The summed E-state index contributed by atoms with van der Waals surface area (Å²) >= 11 is 0. The van der Waals surface area contributed by atoms with Crippen molar-refractivity contribution in [3.8, 4) is 5.69 Å². The summed E-state index contributed by atoms with van der Waals surface area (Å²) in [5, 5.41) is 7.47. The van der Waals surface area contributed by atoms with Crippen molar-refractivity contribution in [3.05, 3.63) is 71.7 Å². The lowest BCUT2D eigenvalue weighted by Crippen LogP contribution is -2.24. The average Bonchev–Trinajstić information content (AvgIpc) is 3.42. The van der Waals surface area contributed by atoms with Gasteiger partial charge < -0.3 is 10.2 Å². The quantitative estimate of drug-likeness (QED) is 0.718. The van der Waals surface area contributed by atoms with E-state index in [-0.39, 0.29) is 5.91 Å². The average molecular weight is 375 g/mol. The molecule has 0 atom stereocenters. The van der Waals surface area contributed by atoms with E-state index in [0.717, 1.165) is 42.3 Å². The predicted molar refractivity (Wildman–Crippen MR) is 110 cm³/mol. The van der Waals surface area contributed by atoms with Crippen LogP contribution >= 0.6 is 0 Å². The topological polar surface area (TPSA) is 63.1 Å². The Hall–Kier alpha value is -3.15. The zero-order valence-corrected chi connectivity index (χ0v) is 16.1. The minimum atomic E-state index is -0.0986. The fraction of sp³-hybridized carbons (Fsp3) is 0.318. The summed E-state index contributed by atoms with van der Waals surface area (Å²) in [6.45, 7) is 4.63. The summed E-state index contributed by atoms with van der Waals surface area (Å²) in [5.74, 6) is 0.897. The van der Waals surface area contributed by atoms with E-state index < -0.39 is 0 Å². The Bertz CT molecular complexity index is 945. The van der Waals surface area contributed by atoms with Crippen molar-refractivity contribution in [3.63, 3.8) is 0 Å². The van der Waals surface area contributed by atoms with Gasteiger partial charge in [0.25, 0.3) is 5.91 Å².